The highest BCUT2D eigenvalue weighted by atomic mass is 79.9. The maximum absolute atomic E-state index is 13.9. The van der Waals surface area contributed by atoms with E-state index >= 15 is 0 Å². The Balaban J connectivity index is 1.26. The number of carbonyl (C=O) groups excluding carboxylic acids is 3. The van der Waals surface area contributed by atoms with E-state index in [4.69, 9.17) is 9.47 Å². The summed E-state index contributed by atoms with van der Waals surface area (Å²) in [7, 11) is 0. The van der Waals surface area contributed by atoms with E-state index in [0.29, 0.717) is 30.0 Å². The molecular formula is C28H31BrN6O6. The molecule has 6 rings (SSSR count). The Hall–Kier alpha value is -3.55. The number of aromatic nitrogens is 3. The number of halogens is 1. The van der Waals surface area contributed by atoms with Crippen LogP contribution in [0.1, 0.15) is 19.8 Å². The summed E-state index contributed by atoms with van der Waals surface area (Å²) in [5.41, 5.74) is 0.828. The first-order valence-electron chi connectivity index (χ1n) is 13.7. The first-order valence-corrected chi connectivity index (χ1v) is 14.6. The molecule has 3 aliphatic rings. The summed E-state index contributed by atoms with van der Waals surface area (Å²) in [5.74, 6) is -2.04. The van der Waals surface area contributed by atoms with Crippen LogP contribution in [0.15, 0.2) is 48.5 Å². The van der Waals surface area contributed by atoms with Crippen molar-refractivity contribution in [3.05, 3.63) is 48.5 Å². The Labute approximate surface area is 244 Å². The molecule has 12 nitrogen and oxygen atoms in total. The summed E-state index contributed by atoms with van der Waals surface area (Å²) in [6.07, 6.45) is 0.0955. The summed E-state index contributed by atoms with van der Waals surface area (Å²) in [6, 6.07) is 13.4. The standard InChI is InChI=1S/C28H31BrN6O6/c1-2-40-17-10-8-16(9-11-17)31-25(37)21-22-27(39)34(12-5-13-36)24(28(22)14-18(29)23(21)41-28)26(38)30-15-35-20-7-4-3-6-19(20)32-33-35/h3-4,6-11,18,21-24,36H,2,5,12-15H2,1H3,(H,30,38)(H,31,37)/t18?,21-,22-,23-,24?,28?/m0/s1. The van der Waals surface area contributed by atoms with Gasteiger partial charge >= 0.3 is 0 Å². The normalized spacial score (nSPS) is 28.2. The summed E-state index contributed by atoms with van der Waals surface area (Å²) in [5, 5.41) is 23.6. The van der Waals surface area contributed by atoms with Crippen LogP contribution in [0.3, 0.4) is 0 Å². The third kappa shape index (κ3) is 4.65. The van der Waals surface area contributed by atoms with Crippen LogP contribution in [0.2, 0.25) is 0 Å². The van der Waals surface area contributed by atoms with Crippen molar-refractivity contribution in [1.29, 1.82) is 0 Å². The number of amides is 3. The molecule has 3 saturated heterocycles. The van der Waals surface area contributed by atoms with E-state index in [1.54, 1.807) is 28.9 Å². The molecule has 2 aromatic carbocycles. The van der Waals surface area contributed by atoms with Gasteiger partial charge < -0.3 is 30.1 Å². The zero-order chi connectivity index (χ0) is 28.7. The number of nitrogens with zero attached hydrogens (tertiary/aromatic N) is 4. The lowest BCUT2D eigenvalue weighted by Crippen LogP contribution is -2.56. The monoisotopic (exact) mass is 626 g/mol. The number of nitrogens with one attached hydrogen (secondary N) is 2. The van der Waals surface area contributed by atoms with Crippen LogP contribution in [-0.2, 0) is 25.8 Å². The minimum atomic E-state index is -1.19. The van der Waals surface area contributed by atoms with Crippen molar-refractivity contribution in [2.24, 2.45) is 11.8 Å². The molecule has 2 bridgehead atoms. The SMILES string of the molecule is CCOc1ccc(NC(=O)[C@H]2[C@H]3C(=O)N(CCCO)C(C(=O)NCn4nnc5ccccc54)C34CC(Br)[C@@H]2O4)cc1. The molecule has 1 spiro atoms. The quantitative estimate of drug-likeness (QED) is 0.288. The van der Waals surface area contributed by atoms with E-state index in [9.17, 15) is 19.5 Å². The number of alkyl halides is 1. The van der Waals surface area contributed by atoms with E-state index in [0.717, 1.165) is 5.52 Å². The number of fused-ring (bicyclic) bond motifs is 2. The van der Waals surface area contributed by atoms with Gasteiger partial charge in [-0.1, -0.05) is 33.3 Å². The molecule has 0 saturated carbocycles. The maximum atomic E-state index is 13.9. The Bertz CT molecular complexity index is 1470. The predicted molar refractivity (Wildman–Crippen MR) is 151 cm³/mol. The van der Waals surface area contributed by atoms with Crippen molar-refractivity contribution in [1.82, 2.24) is 25.2 Å². The number of hydrogen-bond acceptors (Lipinski definition) is 8. The highest BCUT2D eigenvalue weighted by molar-refractivity contribution is 9.09. The zero-order valence-corrected chi connectivity index (χ0v) is 24.0. The molecule has 13 heteroatoms. The topological polar surface area (TPSA) is 148 Å². The van der Waals surface area contributed by atoms with Gasteiger partial charge in [-0.2, -0.15) is 0 Å². The molecule has 3 aliphatic heterocycles. The van der Waals surface area contributed by atoms with Crippen molar-refractivity contribution < 1.29 is 29.0 Å². The fraction of sp³-hybridized carbons (Fsp3) is 0.464. The summed E-state index contributed by atoms with van der Waals surface area (Å²) in [6.45, 7) is 2.48. The molecule has 41 heavy (non-hydrogen) atoms. The van der Waals surface area contributed by atoms with Crippen LogP contribution >= 0.6 is 15.9 Å². The van der Waals surface area contributed by atoms with Gasteiger partial charge in [0, 0.05) is 23.7 Å². The second-order valence-corrected chi connectivity index (χ2v) is 11.7. The maximum Gasteiger partial charge on any atom is 0.247 e. The smallest absolute Gasteiger partial charge is 0.247 e. The lowest BCUT2D eigenvalue weighted by molar-refractivity contribution is -0.141. The molecular weight excluding hydrogens is 596 g/mol. The second-order valence-electron chi connectivity index (χ2n) is 10.5. The van der Waals surface area contributed by atoms with Crippen molar-refractivity contribution in [3.8, 4) is 5.75 Å². The summed E-state index contributed by atoms with van der Waals surface area (Å²) >= 11 is 3.67. The van der Waals surface area contributed by atoms with Gasteiger partial charge in [-0.15, -0.1) is 5.10 Å². The van der Waals surface area contributed by atoms with Gasteiger partial charge in [0.05, 0.1) is 30.1 Å². The minimum absolute atomic E-state index is 0.0431. The van der Waals surface area contributed by atoms with E-state index in [-0.39, 0.29) is 42.9 Å². The van der Waals surface area contributed by atoms with E-state index in [1.807, 2.05) is 31.2 Å². The Morgan fingerprint density at radius 2 is 1.98 bits per heavy atom. The van der Waals surface area contributed by atoms with Crippen LogP contribution in [0.25, 0.3) is 11.0 Å². The minimum Gasteiger partial charge on any atom is -0.494 e. The lowest BCUT2D eigenvalue weighted by Gasteiger charge is -2.34. The number of ether oxygens (including phenoxy) is 2. The molecule has 0 radical (unpaired) electrons. The van der Waals surface area contributed by atoms with Crippen molar-refractivity contribution in [3.63, 3.8) is 0 Å². The number of aliphatic hydroxyl groups is 1. The fourth-order valence-electron chi connectivity index (χ4n) is 6.52. The first kappa shape index (κ1) is 27.6. The van der Waals surface area contributed by atoms with Crippen LogP contribution in [0.5, 0.6) is 5.75 Å². The first-order chi connectivity index (χ1) is 19.9. The van der Waals surface area contributed by atoms with Gasteiger partial charge in [0.2, 0.25) is 17.7 Å². The Morgan fingerprint density at radius 3 is 2.73 bits per heavy atom. The van der Waals surface area contributed by atoms with E-state index in [2.05, 4.69) is 36.9 Å². The fourth-order valence-corrected chi connectivity index (χ4v) is 7.46. The van der Waals surface area contributed by atoms with Gasteiger partial charge in [-0.25, -0.2) is 4.68 Å². The molecule has 6 atom stereocenters. The molecule has 3 unspecified atom stereocenters. The highest BCUT2D eigenvalue weighted by Gasteiger charge is 2.76. The van der Waals surface area contributed by atoms with Crippen LogP contribution < -0.4 is 15.4 Å². The van der Waals surface area contributed by atoms with Gasteiger partial charge in [0.15, 0.2) is 0 Å². The van der Waals surface area contributed by atoms with E-state index < -0.39 is 35.5 Å². The second kappa shape index (κ2) is 11.0. The summed E-state index contributed by atoms with van der Waals surface area (Å²) in [4.78, 5) is 42.7. The molecule has 3 N–H and O–H groups in total. The highest BCUT2D eigenvalue weighted by Crippen LogP contribution is 2.60. The largest absolute Gasteiger partial charge is 0.494 e. The van der Waals surface area contributed by atoms with Crippen LogP contribution in [0.4, 0.5) is 5.69 Å². The molecule has 216 valence electrons. The number of rotatable bonds is 10. The number of para-hydroxylation sites is 1. The Kier molecular flexibility index (Phi) is 7.43. The molecule has 4 heterocycles. The molecule has 1 aromatic heterocycles. The Morgan fingerprint density at radius 1 is 1.20 bits per heavy atom. The lowest BCUT2D eigenvalue weighted by atomic mass is 9.70. The zero-order valence-electron chi connectivity index (χ0n) is 22.4. The number of benzene rings is 2. The van der Waals surface area contributed by atoms with Crippen LogP contribution in [0, 0.1) is 11.8 Å². The summed E-state index contributed by atoms with van der Waals surface area (Å²) < 4.78 is 13.5. The van der Waals surface area contributed by atoms with Gasteiger partial charge in [-0.3, -0.25) is 14.4 Å². The third-order valence-corrected chi connectivity index (χ3v) is 9.00. The molecule has 0 aliphatic carbocycles. The number of likely N-dealkylation sites (tertiary alicyclic amines) is 1. The van der Waals surface area contributed by atoms with Gasteiger partial charge in [0.1, 0.15) is 29.6 Å². The van der Waals surface area contributed by atoms with Gasteiger partial charge in [0.25, 0.3) is 0 Å². The van der Waals surface area contributed by atoms with Crippen molar-refractivity contribution in [2.45, 2.75) is 49.0 Å². The molecule has 3 aromatic rings. The number of hydrogen-bond donors (Lipinski definition) is 3. The average molecular weight is 627 g/mol. The molecule has 3 fully saturated rings. The van der Waals surface area contributed by atoms with E-state index in [1.165, 1.54) is 4.90 Å². The van der Waals surface area contributed by atoms with Crippen LogP contribution in [-0.4, -0.2) is 85.1 Å². The van der Waals surface area contributed by atoms with Crippen molar-refractivity contribution >= 4 is 50.4 Å². The number of aliphatic hydroxyl groups excluding tert-OH is 1. The van der Waals surface area contributed by atoms with Gasteiger partial charge in [-0.05, 0) is 56.2 Å². The van der Waals surface area contributed by atoms with Crippen molar-refractivity contribution in [2.75, 3.05) is 25.1 Å². The number of carbonyl (C=O) groups is 3. The number of anilines is 1. The predicted octanol–water partition coefficient (Wildman–Crippen LogP) is 1.67. The molecule has 3 amide bonds. The third-order valence-electron chi connectivity index (χ3n) is 8.15. The average Bonchev–Trinajstić information content (AvgIpc) is 3.69.